The molecular formula is C13H14N2O2. The highest BCUT2D eigenvalue weighted by molar-refractivity contribution is 5.96. The largest absolute Gasteiger partial charge is 0.507 e. The molecule has 0 bridgehead atoms. The SMILES string of the molecule is CNC(=O)c1cc(C2(C#N)CCC2)ccc1O. The molecule has 0 atom stereocenters. The van der Waals surface area contributed by atoms with Crippen LogP contribution in [-0.2, 0) is 5.41 Å². The molecule has 4 nitrogen and oxygen atoms in total. The van der Waals surface area contributed by atoms with Gasteiger partial charge in [-0.2, -0.15) is 5.26 Å². The minimum Gasteiger partial charge on any atom is -0.507 e. The van der Waals surface area contributed by atoms with Crippen molar-refractivity contribution >= 4 is 5.91 Å². The first-order chi connectivity index (χ1) is 8.13. The van der Waals surface area contributed by atoms with E-state index in [1.165, 1.54) is 13.1 Å². The van der Waals surface area contributed by atoms with E-state index in [2.05, 4.69) is 11.4 Å². The molecular weight excluding hydrogens is 216 g/mol. The van der Waals surface area contributed by atoms with E-state index in [0.29, 0.717) is 0 Å². The van der Waals surface area contributed by atoms with E-state index < -0.39 is 5.41 Å². The number of phenols is 1. The average Bonchev–Trinajstić information content (AvgIpc) is 2.29. The fourth-order valence-electron chi connectivity index (χ4n) is 2.15. The number of benzene rings is 1. The second-order valence-electron chi connectivity index (χ2n) is 4.36. The molecule has 1 aliphatic carbocycles. The van der Waals surface area contributed by atoms with Crippen LogP contribution in [0, 0.1) is 11.3 Å². The van der Waals surface area contributed by atoms with Crippen molar-refractivity contribution in [2.24, 2.45) is 0 Å². The van der Waals surface area contributed by atoms with Crippen LogP contribution < -0.4 is 5.32 Å². The number of amides is 1. The number of nitriles is 1. The van der Waals surface area contributed by atoms with E-state index in [4.69, 9.17) is 0 Å². The van der Waals surface area contributed by atoms with Gasteiger partial charge in [-0.05, 0) is 37.0 Å². The molecule has 1 aliphatic rings. The van der Waals surface area contributed by atoms with Crippen molar-refractivity contribution in [3.05, 3.63) is 29.3 Å². The molecule has 0 heterocycles. The van der Waals surface area contributed by atoms with Crippen LogP contribution in [0.4, 0.5) is 0 Å². The van der Waals surface area contributed by atoms with Crippen molar-refractivity contribution in [2.75, 3.05) is 7.05 Å². The molecule has 2 rings (SSSR count). The molecule has 88 valence electrons. The topological polar surface area (TPSA) is 73.1 Å². The fraction of sp³-hybridized carbons (Fsp3) is 0.385. The van der Waals surface area contributed by atoms with Crippen molar-refractivity contribution in [1.82, 2.24) is 5.32 Å². The Morgan fingerprint density at radius 3 is 2.71 bits per heavy atom. The lowest BCUT2D eigenvalue weighted by molar-refractivity contribution is 0.0960. The maximum Gasteiger partial charge on any atom is 0.254 e. The summed E-state index contributed by atoms with van der Waals surface area (Å²) in [4.78, 5) is 11.6. The smallest absolute Gasteiger partial charge is 0.254 e. The van der Waals surface area contributed by atoms with Gasteiger partial charge in [0.15, 0.2) is 0 Å². The van der Waals surface area contributed by atoms with Crippen LogP contribution in [-0.4, -0.2) is 18.1 Å². The molecule has 0 aliphatic heterocycles. The molecule has 0 saturated heterocycles. The number of aromatic hydroxyl groups is 1. The first kappa shape index (κ1) is 11.5. The molecule has 0 aromatic heterocycles. The highest BCUT2D eigenvalue weighted by Gasteiger charge is 2.39. The number of nitrogens with zero attached hydrogens (tertiary/aromatic N) is 1. The quantitative estimate of drug-likeness (QED) is 0.812. The number of rotatable bonds is 2. The lowest BCUT2D eigenvalue weighted by Gasteiger charge is -2.35. The highest BCUT2D eigenvalue weighted by atomic mass is 16.3. The van der Waals surface area contributed by atoms with Gasteiger partial charge in [0.25, 0.3) is 5.91 Å². The Kier molecular flexibility index (Phi) is 2.76. The summed E-state index contributed by atoms with van der Waals surface area (Å²) in [7, 11) is 1.51. The van der Waals surface area contributed by atoms with Crippen LogP contribution in [0.25, 0.3) is 0 Å². The molecule has 0 radical (unpaired) electrons. The molecule has 1 amide bonds. The summed E-state index contributed by atoms with van der Waals surface area (Å²) in [5.41, 5.74) is 0.588. The molecule has 4 heteroatoms. The number of carbonyl (C=O) groups excluding carboxylic acids is 1. The predicted octanol–water partition coefficient (Wildman–Crippen LogP) is 1.70. The average molecular weight is 230 g/mol. The van der Waals surface area contributed by atoms with Gasteiger partial charge in [-0.25, -0.2) is 0 Å². The molecule has 1 fully saturated rings. The van der Waals surface area contributed by atoms with Gasteiger partial charge >= 0.3 is 0 Å². The number of hydrogen-bond donors (Lipinski definition) is 2. The first-order valence-electron chi connectivity index (χ1n) is 5.60. The van der Waals surface area contributed by atoms with Crippen molar-refractivity contribution in [3.63, 3.8) is 0 Å². The maximum atomic E-state index is 11.6. The summed E-state index contributed by atoms with van der Waals surface area (Å²) in [5.74, 6) is -0.391. The van der Waals surface area contributed by atoms with Gasteiger partial charge in [0, 0.05) is 7.05 Å². The van der Waals surface area contributed by atoms with Crippen LogP contribution in [0.1, 0.15) is 35.2 Å². The van der Waals surface area contributed by atoms with Crippen molar-refractivity contribution < 1.29 is 9.90 Å². The number of hydrogen-bond acceptors (Lipinski definition) is 3. The van der Waals surface area contributed by atoms with Crippen LogP contribution in [0.15, 0.2) is 18.2 Å². The summed E-state index contributed by atoms with van der Waals surface area (Å²) in [6.45, 7) is 0. The van der Waals surface area contributed by atoms with Crippen LogP contribution in [0.3, 0.4) is 0 Å². The second kappa shape index (κ2) is 4.10. The predicted molar refractivity (Wildman–Crippen MR) is 62.6 cm³/mol. The molecule has 0 spiro atoms. The maximum absolute atomic E-state index is 11.6. The van der Waals surface area contributed by atoms with Gasteiger partial charge < -0.3 is 10.4 Å². The van der Waals surface area contributed by atoms with Crippen molar-refractivity contribution in [2.45, 2.75) is 24.7 Å². The summed E-state index contributed by atoms with van der Waals surface area (Å²) < 4.78 is 0. The summed E-state index contributed by atoms with van der Waals surface area (Å²) >= 11 is 0. The van der Waals surface area contributed by atoms with Gasteiger partial charge in [-0.3, -0.25) is 4.79 Å². The van der Waals surface area contributed by atoms with Gasteiger partial charge in [0.05, 0.1) is 17.0 Å². The fourth-order valence-corrected chi connectivity index (χ4v) is 2.15. The summed E-state index contributed by atoms with van der Waals surface area (Å²) in [5, 5.41) is 21.3. The van der Waals surface area contributed by atoms with Crippen molar-refractivity contribution in [1.29, 1.82) is 5.26 Å². The Hall–Kier alpha value is -2.02. The zero-order chi connectivity index (χ0) is 12.5. The molecule has 1 aromatic carbocycles. The van der Waals surface area contributed by atoms with E-state index in [1.54, 1.807) is 12.1 Å². The van der Waals surface area contributed by atoms with E-state index in [9.17, 15) is 15.2 Å². The first-order valence-corrected chi connectivity index (χ1v) is 5.60. The Morgan fingerprint density at radius 2 is 2.24 bits per heavy atom. The third-order valence-corrected chi connectivity index (χ3v) is 3.44. The zero-order valence-corrected chi connectivity index (χ0v) is 9.66. The van der Waals surface area contributed by atoms with Crippen LogP contribution in [0.2, 0.25) is 0 Å². The second-order valence-corrected chi connectivity index (χ2v) is 4.36. The minimum absolute atomic E-state index is 0.0551. The highest BCUT2D eigenvalue weighted by Crippen LogP contribution is 2.43. The zero-order valence-electron chi connectivity index (χ0n) is 9.66. The molecule has 2 N–H and O–H groups in total. The third kappa shape index (κ3) is 1.74. The Balaban J connectivity index is 2.45. The Labute approximate surface area is 99.9 Å². The van der Waals surface area contributed by atoms with Gasteiger partial charge in [-0.15, -0.1) is 0 Å². The van der Waals surface area contributed by atoms with E-state index in [0.717, 1.165) is 24.8 Å². The molecule has 17 heavy (non-hydrogen) atoms. The van der Waals surface area contributed by atoms with E-state index >= 15 is 0 Å². The standard InChI is InChI=1S/C13H14N2O2/c1-15-12(17)10-7-9(3-4-11(10)16)13(8-14)5-2-6-13/h3-4,7,16H,2,5-6H2,1H3,(H,15,17). The van der Waals surface area contributed by atoms with Gasteiger partial charge in [0.1, 0.15) is 5.75 Å². The normalized spacial score (nSPS) is 16.7. The molecule has 1 aromatic rings. The number of carbonyl (C=O) groups is 1. The van der Waals surface area contributed by atoms with Gasteiger partial charge in [0.2, 0.25) is 0 Å². The Morgan fingerprint density at radius 1 is 1.53 bits per heavy atom. The third-order valence-electron chi connectivity index (χ3n) is 3.44. The molecule has 0 unspecified atom stereocenters. The monoisotopic (exact) mass is 230 g/mol. The van der Waals surface area contributed by atoms with Crippen LogP contribution >= 0.6 is 0 Å². The minimum atomic E-state index is -0.462. The number of nitrogens with one attached hydrogen (secondary N) is 1. The molecule has 1 saturated carbocycles. The summed E-state index contributed by atoms with van der Waals surface area (Å²) in [6, 6.07) is 7.15. The number of phenolic OH excluding ortho intramolecular Hbond substituents is 1. The Bertz CT molecular complexity index is 499. The van der Waals surface area contributed by atoms with E-state index in [-0.39, 0.29) is 17.2 Å². The van der Waals surface area contributed by atoms with Gasteiger partial charge in [-0.1, -0.05) is 6.07 Å². The van der Waals surface area contributed by atoms with Crippen LogP contribution in [0.5, 0.6) is 5.75 Å². The summed E-state index contributed by atoms with van der Waals surface area (Å²) in [6.07, 6.45) is 2.67. The van der Waals surface area contributed by atoms with E-state index in [1.807, 2.05) is 0 Å². The lowest BCUT2D eigenvalue weighted by atomic mass is 9.65. The lowest BCUT2D eigenvalue weighted by Crippen LogP contribution is -2.32. The van der Waals surface area contributed by atoms with Crippen molar-refractivity contribution in [3.8, 4) is 11.8 Å².